The Bertz CT molecular complexity index is 1290. The zero-order chi connectivity index (χ0) is 22.5. The van der Waals surface area contributed by atoms with Crippen LogP contribution in [0.3, 0.4) is 0 Å². The maximum Gasteiger partial charge on any atom is 0.307 e. The number of ether oxygens (including phenoxy) is 1. The van der Waals surface area contributed by atoms with Gasteiger partial charge in [0.2, 0.25) is 0 Å². The van der Waals surface area contributed by atoms with Crippen LogP contribution in [0, 0.1) is 0 Å². The minimum Gasteiger partial charge on any atom is -0.489 e. The molecule has 2 heterocycles. The van der Waals surface area contributed by atoms with E-state index in [1.165, 1.54) is 5.54 Å². The molecule has 0 radical (unpaired) electrons. The number of hydrogen-bond donors (Lipinski definition) is 2. The van der Waals surface area contributed by atoms with E-state index in [9.17, 15) is 9.90 Å². The molecular weight excluding hydrogens is 442 g/mol. The minimum atomic E-state index is -0.866. The standard InChI is InChI=1S/C26H22ClNO3S/c1-2-25-20(10-11-27)18(16-32-25)12-23-22(14-26(29)30)21-9-8-19(13-24(21)28-23)31-15-17-6-4-3-5-7-17/h2-11,13,16,28H,1,12,14-15H2,(H,29,30)/b11-10+. The van der Waals surface area contributed by atoms with Crippen LogP contribution in [0.4, 0.5) is 0 Å². The number of rotatable bonds is 9. The lowest BCUT2D eigenvalue weighted by atomic mass is 10.0. The molecule has 2 aromatic carbocycles. The van der Waals surface area contributed by atoms with Gasteiger partial charge < -0.3 is 14.8 Å². The van der Waals surface area contributed by atoms with Crippen molar-refractivity contribution in [1.82, 2.24) is 4.98 Å². The van der Waals surface area contributed by atoms with E-state index in [0.717, 1.165) is 49.5 Å². The Balaban J connectivity index is 1.67. The van der Waals surface area contributed by atoms with Gasteiger partial charge in [-0.3, -0.25) is 4.79 Å². The van der Waals surface area contributed by atoms with E-state index in [1.807, 2.05) is 54.6 Å². The van der Waals surface area contributed by atoms with Crippen molar-refractivity contribution in [2.75, 3.05) is 0 Å². The zero-order valence-electron chi connectivity index (χ0n) is 17.3. The molecule has 0 saturated carbocycles. The highest BCUT2D eigenvalue weighted by atomic mass is 35.5. The average molecular weight is 464 g/mol. The van der Waals surface area contributed by atoms with Gasteiger partial charge in [-0.2, -0.15) is 0 Å². The Kier molecular flexibility index (Phi) is 6.78. The molecule has 2 aromatic heterocycles. The van der Waals surface area contributed by atoms with Crippen LogP contribution in [-0.2, 0) is 24.2 Å². The summed E-state index contributed by atoms with van der Waals surface area (Å²) in [5.74, 6) is -0.138. The number of fused-ring (bicyclic) bond motifs is 1. The maximum atomic E-state index is 11.6. The van der Waals surface area contributed by atoms with E-state index in [0.29, 0.717) is 13.0 Å². The number of carboxylic acid groups (broad SMARTS) is 1. The molecule has 162 valence electrons. The van der Waals surface area contributed by atoms with E-state index in [4.69, 9.17) is 16.3 Å². The Hall–Kier alpha value is -3.28. The third-order valence-corrected chi connectivity index (χ3v) is 6.43. The summed E-state index contributed by atoms with van der Waals surface area (Å²) in [6, 6.07) is 15.7. The van der Waals surface area contributed by atoms with Crippen LogP contribution in [0.5, 0.6) is 5.75 Å². The lowest BCUT2D eigenvalue weighted by Gasteiger charge is -2.06. The number of thiophene rings is 1. The molecule has 4 nitrogen and oxygen atoms in total. The molecule has 0 aliphatic carbocycles. The second-order valence-electron chi connectivity index (χ2n) is 7.35. The third-order valence-electron chi connectivity index (χ3n) is 5.26. The normalized spacial score (nSPS) is 11.3. The first kappa shape index (κ1) is 21.9. The molecular formula is C26H22ClNO3S. The number of aromatic nitrogens is 1. The quantitative estimate of drug-likeness (QED) is 0.284. The fourth-order valence-corrected chi connectivity index (χ4v) is 4.81. The van der Waals surface area contributed by atoms with Crippen LogP contribution in [-0.4, -0.2) is 16.1 Å². The topological polar surface area (TPSA) is 62.3 Å². The number of carbonyl (C=O) groups is 1. The van der Waals surface area contributed by atoms with Crippen LogP contribution < -0.4 is 4.74 Å². The Labute approximate surface area is 195 Å². The maximum absolute atomic E-state index is 11.6. The number of nitrogens with one attached hydrogen (secondary N) is 1. The first-order chi connectivity index (χ1) is 15.6. The van der Waals surface area contributed by atoms with Gasteiger partial charge in [-0.25, -0.2) is 0 Å². The molecule has 0 aliphatic heterocycles. The van der Waals surface area contributed by atoms with Crippen LogP contribution in [0.1, 0.15) is 32.8 Å². The fraction of sp³-hybridized carbons (Fsp3) is 0.115. The van der Waals surface area contributed by atoms with Crippen molar-refractivity contribution in [3.05, 3.63) is 98.9 Å². The SMILES string of the molecule is C=Cc1scc(Cc2[nH]c3cc(OCc4ccccc4)ccc3c2CC(=O)O)c1/C=C/Cl. The number of carboxylic acids is 1. The van der Waals surface area contributed by atoms with Crippen LogP contribution in [0.15, 0.2) is 66.0 Å². The number of benzene rings is 2. The highest BCUT2D eigenvalue weighted by Crippen LogP contribution is 2.32. The number of hydrogen-bond acceptors (Lipinski definition) is 3. The summed E-state index contributed by atoms with van der Waals surface area (Å²) in [6.07, 6.45) is 4.16. The molecule has 0 saturated heterocycles. The van der Waals surface area contributed by atoms with Crippen molar-refractivity contribution in [1.29, 1.82) is 0 Å². The molecule has 0 amide bonds. The van der Waals surface area contributed by atoms with Gasteiger partial charge in [0.15, 0.2) is 0 Å². The van der Waals surface area contributed by atoms with Gasteiger partial charge in [-0.1, -0.05) is 54.6 Å². The van der Waals surface area contributed by atoms with Crippen LogP contribution in [0.2, 0.25) is 0 Å². The first-order valence-electron chi connectivity index (χ1n) is 10.1. The lowest BCUT2D eigenvalue weighted by Crippen LogP contribution is -2.03. The number of aliphatic carboxylic acids is 1. The van der Waals surface area contributed by atoms with Crippen molar-refractivity contribution in [3.63, 3.8) is 0 Å². The third kappa shape index (κ3) is 4.79. The van der Waals surface area contributed by atoms with Gasteiger partial charge in [0.25, 0.3) is 0 Å². The summed E-state index contributed by atoms with van der Waals surface area (Å²) in [5, 5.41) is 12.5. The number of halogens is 1. The molecule has 0 bridgehead atoms. The number of aromatic amines is 1. The number of H-pyrrole nitrogens is 1. The summed E-state index contributed by atoms with van der Waals surface area (Å²) in [6.45, 7) is 4.34. The van der Waals surface area contributed by atoms with Gasteiger partial charge in [-0.05, 0) is 45.8 Å². The van der Waals surface area contributed by atoms with E-state index >= 15 is 0 Å². The highest BCUT2D eigenvalue weighted by Gasteiger charge is 2.17. The Morgan fingerprint density at radius 2 is 2.03 bits per heavy atom. The smallest absolute Gasteiger partial charge is 0.307 e. The van der Waals surface area contributed by atoms with Crippen molar-refractivity contribution < 1.29 is 14.6 Å². The second-order valence-corrected chi connectivity index (χ2v) is 8.51. The molecule has 0 fully saturated rings. The van der Waals surface area contributed by atoms with Crippen LogP contribution >= 0.6 is 22.9 Å². The predicted octanol–water partition coefficient (Wildman–Crippen LogP) is 6.88. The van der Waals surface area contributed by atoms with Crippen molar-refractivity contribution in [2.45, 2.75) is 19.4 Å². The lowest BCUT2D eigenvalue weighted by molar-refractivity contribution is -0.136. The van der Waals surface area contributed by atoms with E-state index in [2.05, 4.69) is 16.9 Å². The summed E-state index contributed by atoms with van der Waals surface area (Å²) < 4.78 is 5.95. The zero-order valence-corrected chi connectivity index (χ0v) is 18.9. The summed E-state index contributed by atoms with van der Waals surface area (Å²) in [4.78, 5) is 16.0. The Morgan fingerprint density at radius 3 is 2.75 bits per heavy atom. The highest BCUT2D eigenvalue weighted by molar-refractivity contribution is 7.11. The van der Waals surface area contributed by atoms with Gasteiger partial charge in [0, 0.05) is 39.5 Å². The Morgan fingerprint density at radius 1 is 1.22 bits per heavy atom. The first-order valence-corrected chi connectivity index (χ1v) is 11.4. The van der Waals surface area contributed by atoms with Gasteiger partial charge in [0.05, 0.1) is 6.42 Å². The summed E-state index contributed by atoms with van der Waals surface area (Å²) in [7, 11) is 0. The molecule has 0 aliphatic rings. The largest absolute Gasteiger partial charge is 0.489 e. The summed E-state index contributed by atoms with van der Waals surface area (Å²) >= 11 is 7.43. The van der Waals surface area contributed by atoms with Gasteiger partial charge in [0.1, 0.15) is 12.4 Å². The molecule has 0 atom stereocenters. The molecule has 6 heteroatoms. The fourth-order valence-electron chi connectivity index (χ4n) is 3.78. The van der Waals surface area contributed by atoms with E-state index < -0.39 is 5.97 Å². The summed E-state index contributed by atoms with van der Waals surface area (Å²) in [5.41, 5.74) is 7.16. The molecule has 32 heavy (non-hydrogen) atoms. The van der Waals surface area contributed by atoms with Crippen molar-refractivity contribution in [2.24, 2.45) is 0 Å². The van der Waals surface area contributed by atoms with Crippen molar-refractivity contribution in [3.8, 4) is 5.75 Å². The molecule has 2 N–H and O–H groups in total. The van der Waals surface area contributed by atoms with Crippen LogP contribution in [0.25, 0.3) is 23.1 Å². The van der Waals surface area contributed by atoms with E-state index in [-0.39, 0.29) is 6.42 Å². The minimum absolute atomic E-state index is 0.0569. The van der Waals surface area contributed by atoms with Crippen molar-refractivity contribution >= 4 is 52.0 Å². The molecule has 4 rings (SSSR count). The molecule has 4 aromatic rings. The molecule has 0 spiro atoms. The van der Waals surface area contributed by atoms with Gasteiger partial charge >= 0.3 is 5.97 Å². The average Bonchev–Trinajstić information content (AvgIpc) is 3.33. The predicted molar refractivity (Wildman–Crippen MR) is 133 cm³/mol. The second kappa shape index (κ2) is 9.90. The van der Waals surface area contributed by atoms with Gasteiger partial charge in [-0.15, -0.1) is 11.3 Å². The van der Waals surface area contributed by atoms with E-state index in [1.54, 1.807) is 17.4 Å². The molecule has 0 unspecified atom stereocenters. The monoisotopic (exact) mass is 463 g/mol.